The molecule has 17 heavy (non-hydrogen) atoms. The molecule has 0 amide bonds. The Morgan fingerprint density at radius 1 is 1.35 bits per heavy atom. The van der Waals surface area contributed by atoms with Gasteiger partial charge in [0.2, 0.25) is 0 Å². The van der Waals surface area contributed by atoms with Crippen molar-refractivity contribution in [3.05, 3.63) is 12.2 Å². The van der Waals surface area contributed by atoms with Crippen LogP contribution in [0.1, 0.15) is 52.4 Å². The quantitative estimate of drug-likeness (QED) is 0.512. The van der Waals surface area contributed by atoms with E-state index < -0.39 is 0 Å². The second-order valence-corrected chi connectivity index (χ2v) is 6.23. The second-order valence-electron chi connectivity index (χ2n) is 6.23. The lowest BCUT2D eigenvalue weighted by atomic mass is 9.50. The molecule has 0 spiro atoms. The van der Waals surface area contributed by atoms with E-state index in [1.807, 2.05) is 0 Å². The van der Waals surface area contributed by atoms with Crippen LogP contribution in [0.5, 0.6) is 0 Å². The zero-order valence-electron chi connectivity index (χ0n) is 11.3. The van der Waals surface area contributed by atoms with E-state index in [-0.39, 0.29) is 16.8 Å². The fourth-order valence-corrected chi connectivity index (χ4v) is 4.22. The Kier molecular flexibility index (Phi) is 3.09. The molecule has 2 heteroatoms. The first-order valence-corrected chi connectivity index (χ1v) is 6.72. The van der Waals surface area contributed by atoms with E-state index in [2.05, 4.69) is 20.4 Å². The summed E-state index contributed by atoms with van der Waals surface area (Å²) in [4.78, 5) is 12.1. The van der Waals surface area contributed by atoms with Crippen molar-refractivity contribution in [1.82, 2.24) is 0 Å². The van der Waals surface area contributed by atoms with Crippen molar-refractivity contribution in [1.29, 1.82) is 0 Å². The molecule has 0 aliphatic heterocycles. The molecular weight excluding hydrogens is 212 g/mol. The van der Waals surface area contributed by atoms with Gasteiger partial charge in [0, 0.05) is 0 Å². The summed E-state index contributed by atoms with van der Waals surface area (Å²) < 4.78 is 5.05. The molecular formula is C15H24O2. The molecule has 96 valence electrons. The molecule has 2 aliphatic rings. The van der Waals surface area contributed by atoms with Crippen LogP contribution in [0, 0.1) is 16.7 Å². The first-order chi connectivity index (χ1) is 7.95. The SMILES string of the molecule is C=C1CCC[C@H]2[C@@]1(C)CCC[C@@]2(C)C(=O)OC. The first kappa shape index (κ1) is 12.7. The maximum atomic E-state index is 12.1. The molecule has 0 aromatic carbocycles. The minimum atomic E-state index is -0.300. The van der Waals surface area contributed by atoms with Crippen LogP contribution in [0.2, 0.25) is 0 Å². The van der Waals surface area contributed by atoms with E-state index >= 15 is 0 Å². The van der Waals surface area contributed by atoms with Crippen molar-refractivity contribution >= 4 is 5.97 Å². The normalized spacial score (nSPS) is 41.8. The number of carbonyl (C=O) groups is 1. The Labute approximate surface area is 104 Å². The minimum absolute atomic E-state index is 0.0249. The summed E-state index contributed by atoms with van der Waals surface area (Å²) in [6.07, 6.45) is 6.70. The van der Waals surface area contributed by atoms with Crippen molar-refractivity contribution in [3.8, 4) is 0 Å². The lowest BCUT2D eigenvalue weighted by Crippen LogP contribution is -2.50. The molecule has 0 unspecified atom stereocenters. The molecule has 0 saturated heterocycles. The Morgan fingerprint density at radius 3 is 2.71 bits per heavy atom. The Bertz CT molecular complexity index is 347. The van der Waals surface area contributed by atoms with E-state index in [0.29, 0.717) is 5.92 Å². The molecule has 0 bridgehead atoms. The zero-order valence-corrected chi connectivity index (χ0v) is 11.3. The molecule has 0 radical (unpaired) electrons. The number of carbonyl (C=O) groups excluding carboxylic acids is 1. The molecule has 0 aromatic rings. The van der Waals surface area contributed by atoms with Gasteiger partial charge in [0.05, 0.1) is 12.5 Å². The second kappa shape index (κ2) is 4.15. The highest BCUT2D eigenvalue weighted by Crippen LogP contribution is 2.59. The van der Waals surface area contributed by atoms with Crippen LogP contribution in [0.15, 0.2) is 12.2 Å². The Morgan fingerprint density at radius 2 is 2.06 bits per heavy atom. The molecule has 0 heterocycles. The molecule has 0 aromatic heterocycles. The maximum absolute atomic E-state index is 12.1. The Hall–Kier alpha value is -0.790. The zero-order chi connectivity index (χ0) is 12.7. The molecule has 0 N–H and O–H groups in total. The highest BCUT2D eigenvalue weighted by molar-refractivity contribution is 5.77. The third kappa shape index (κ3) is 1.73. The number of ether oxygens (including phenoxy) is 1. The van der Waals surface area contributed by atoms with Gasteiger partial charge in [-0.25, -0.2) is 0 Å². The number of fused-ring (bicyclic) bond motifs is 1. The highest BCUT2D eigenvalue weighted by atomic mass is 16.5. The number of rotatable bonds is 1. The summed E-state index contributed by atoms with van der Waals surface area (Å²) in [5, 5.41) is 0. The van der Waals surface area contributed by atoms with Gasteiger partial charge in [-0.3, -0.25) is 4.79 Å². The van der Waals surface area contributed by atoms with Gasteiger partial charge < -0.3 is 4.74 Å². The van der Waals surface area contributed by atoms with E-state index in [1.54, 1.807) is 0 Å². The summed E-state index contributed by atoms with van der Waals surface area (Å²) >= 11 is 0. The van der Waals surface area contributed by atoms with Gasteiger partial charge >= 0.3 is 5.97 Å². The number of hydrogen-bond acceptors (Lipinski definition) is 2. The first-order valence-electron chi connectivity index (χ1n) is 6.72. The van der Waals surface area contributed by atoms with Crippen LogP contribution in [0.25, 0.3) is 0 Å². The van der Waals surface area contributed by atoms with Crippen LogP contribution >= 0.6 is 0 Å². The van der Waals surface area contributed by atoms with E-state index in [0.717, 1.165) is 25.7 Å². The molecule has 2 aliphatic carbocycles. The van der Waals surface area contributed by atoms with Crippen LogP contribution in [0.3, 0.4) is 0 Å². The van der Waals surface area contributed by atoms with Gasteiger partial charge in [-0.1, -0.05) is 25.5 Å². The molecule has 2 saturated carbocycles. The third-order valence-electron chi connectivity index (χ3n) is 5.36. The van der Waals surface area contributed by atoms with E-state index in [1.165, 1.54) is 25.5 Å². The summed E-state index contributed by atoms with van der Waals surface area (Å²) in [5.41, 5.74) is 1.20. The fraction of sp³-hybridized carbons (Fsp3) is 0.800. The van der Waals surface area contributed by atoms with E-state index in [4.69, 9.17) is 4.74 Å². The average molecular weight is 236 g/mol. The number of esters is 1. The standard InChI is InChI=1S/C15H24O2/c1-11-7-5-8-12-14(11,2)9-6-10-15(12,3)13(16)17-4/h12H,1,5-10H2,2-4H3/t12-,14-,15+/m0/s1. The van der Waals surface area contributed by atoms with Crippen molar-refractivity contribution in [2.75, 3.05) is 7.11 Å². The lowest BCUT2D eigenvalue weighted by Gasteiger charge is -2.54. The van der Waals surface area contributed by atoms with Crippen LogP contribution in [0.4, 0.5) is 0 Å². The van der Waals surface area contributed by atoms with E-state index in [9.17, 15) is 4.79 Å². The van der Waals surface area contributed by atoms with Crippen LogP contribution in [-0.4, -0.2) is 13.1 Å². The lowest BCUT2D eigenvalue weighted by molar-refractivity contribution is -0.163. The van der Waals surface area contributed by atoms with Gasteiger partial charge in [-0.2, -0.15) is 0 Å². The minimum Gasteiger partial charge on any atom is -0.469 e. The van der Waals surface area contributed by atoms with Crippen LogP contribution < -0.4 is 0 Å². The molecule has 3 atom stereocenters. The smallest absolute Gasteiger partial charge is 0.311 e. The monoisotopic (exact) mass is 236 g/mol. The molecule has 2 nitrogen and oxygen atoms in total. The molecule has 2 fully saturated rings. The largest absolute Gasteiger partial charge is 0.469 e. The summed E-state index contributed by atoms with van der Waals surface area (Å²) in [6.45, 7) is 8.67. The van der Waals surface area contributed by atoms with Gasteiger partial charge in [-0.05, 0) is 50.4 Å². The van der Waals surface area contributed by atoms with Crippen molar-refractivity contribution in [2.45, 2.75) is 52.4 Å². The predicted octanol–water partition coefficient (Wildman–Crippen LogP) is 3.71. The van der Waals surface area contributed by atoms with Crippen LogP contribution in [-0.2, 0) is 9.53 Å². The third-order valence-corrected chi connectivity index (χ3v) is 5.36. The van der Waals surface area contributed by atoms with Crippen molar-refractivity contribution < 1.29 is 9.53 Å². The van der Waals surface area contributed by atoms with Gasteiger partial charge in [0.25, 0.3) is 0 Å². The van der Waals surface area contributed by atoms with Crippen molar-refractivity contribution in [3.63, 3.8) is 0 Å². The van der Waals surface area contributed by atoms with Gasteiger partial charge in [0.1, 0.15) is 0 Å². The maximum Gasteiger partial charge on any atom is 0.311 e. The summed E-state index contributed by atoms with van der Waals surface area (Å²) in [5.74, 6) is 0.389. The number of allylic oxidation sites excluding steroid dienone is 1. The summed E-state index contributed by atoms with van der Waals surface area (Å²) in [7, 11) is 1.51. The Balaban J connectivity index is 2.37. The predicted molar refractivity (Wildman–Crippen MR) is 68.6 cm³/mol. The summed E-state index contributed by atoms with van der Waals surface area (Å²) in [6, 6.07) is 0. The molecule has 2 rings (SSSR count). The topological polar surface area (TPSA) is 26.3 Å². The van der Waals surface area contributed by atoms with Gasteiger partial charge in [0.15, 0.2) is 0 Å². The fourth-order valence-electron chi connectivity index (χ4n) is 4.22. The van der Waals surface area contributed by atoms with Crippen molar-refractivity contribution in [2.24, 2.45) is 16.7 Å². The number of hydrogen-bond donors (Lipinski definition) is 0. The van der Waals surface area contributed by atoms with Gasteiger partial charge in [-0.15, -0.1) is 0 Å². The number of methoxy groups -OCH3 is 1. The average Bonchev–Trinajstić information content (AvgIpc) is 2.30. The highest BCUT2D eigenvalue weighted by Gasteiger charge is 2.55.